The molecule has 0 fully saturated rings. The SMILES string of the molecule is CCCCC/C=C\CCCCCCCC(=O)OC(COC(=O)CCCCCCC/C=C\CCCCCCCC)COC(=O)CCCCCCCCCCC. The van der Waals surface area contributed by atoms with E-state index in [-0.39, 0.29) is 31.1 Å². The summed E-state index contributed by atoms with van der Waals surface area (Å²) in [6.45, 7) is 6.58. The van der Waals surface area contributed by atoms with Crippen LogP contribution >= 0.6 is 0 Å². The predicted molar refractivity (Wildman–Crippen MR) is 229 cm³/mol. The first kappa shape index (κ1) is 51.9. The van der Waals surface area contributed by atoms with E-state index in [0.717, 1.165) is 70.6 Å². The zero-order valence-corrected chi connectivity index (χ0v) is 36.0. The summed E-state index contributed by atoms with van der Waals surface area (Å²) < 4.78 is 16.7. The lowest BCUT2D eigenvalue weighted by molar-refractivity contribution is -0.167. The van der Waals surface area contributed by atoms with E-state index >= 15 is 0 Å². The average molecular weight is 761 g/mol. The number of ether oxygens (including phenoxy) is 3. The molecule has 316 valence electrons. The second-order valence-corrected chi connectivity index (χ2v) is 15.7. The molecule has 0 rings (SSSR count). The van der Waals surface area contributed by atoms with Crippen LogP contribution in [-0.4, -0.2) is 37.2 Å². The van der Waals surface area contributed by atoms with Gasteiger partial charge in [0.05, 0.1) is 0 Å². The largest absolute Gasteiger partial charge is 0.462 e. The molecule has 0 radical (unpaired) electrons. The summed E-state index contributed by atoms with van der Waals surface area (Å²) in [5, 5.41) is 0. The standard InChI is InChI=1S/C48H88O6/c1-4-7-10-13-16-19-21-23-24-25-27-29-32-35-38-41-47(50)53-44-45(43-52-46(49)40-37-34-31-28-18-15-12-9-6-3)54-48(51)42-39-36-33-30-26-22-20-17-14-11-8-5-2/h17,20,23-24,45H,4-16,18-19,21-22,25-44H2,1-3H3/b20-17-,24-23-. The van der Waals surface area contributed by atoms with Crippen molar-refractivity contribution < 1.29 is 28.6 Å². The van der Waals surface area contributed by atoms with Crippen molar-refractivity contribution >= 4 is 17.9 Å². The number of unbranched alkanes of at least 4 members (excludes halogenated alkanes) is 27. The maximum absolute atomic E-state index is 12.7. The molecule has 0 N–H and O–H groups in total. The van der Waals surface area contributed by atoms with Crippen molar-refractivity contribution in [2.24, 2.45) is 0 Å². The quantitative estimate of drug-likeness (QED) is 0.0267. The molecular formula is C48H88O6. The summed E-state index contributed by atoms with van der Waals surface area (Å²) >= 11 is 0. The van der Waals surface area contributed by atoms with Gasteiger partial charge in [0.25, 0.3) is 0 Å². The van der Waals surface area contributed by atoms with Crippen LogP contribution in [0, 0.1) is 0 Å². The van der Waals surface area contributed by atoms with Gasteiger partial charge < -0.3 is 14.2 Å². The van der Waals surface area contributed by atoms with Crippen LogP contribution in [0.2, 0.25) is 0 Å². The van der Waals surface area contributed by atoms with Crippen molar-refractivity contribution in [1.82, 2.24) is 0 Å². The molecule has 6 heteroatoms. The van der Waals surface area contributed by atoms with Gasteiger partial charge in [-0.05, 0) is 70.6 Å². The Kier molecular flexibility index (Phi) is 41.9. The fraction of sp³-hybridized carbons (Fsp3) is 0.854. The highest BCUT2D eigenvalue weighted by atomic mass is 16.6. The highest BCUT2D eigenvalue weighted by Gasteiger charge is 2.19. The Morgan fingerprint density at radius 2 is 0.611 bits per heavy atom. The summed E-state index contributed by atoms with van der Waals surface area (Å²) in [5.74, 6) is -0.891. The minimum atomic E-state index is -0.772. The van der Waals surface area contributed by atoms with Crippen LogP contribution in [0.3, 0.4) is 0 Å². The van der Waals surface area contributed by atoms with E-state index in [1.165, 1.54) is 135 Å². The molecule has 0 saturated heterocycles. The highest BCUT2D eigenvalue weighted by molar-refractivity contribution is 5.71. The van der Waals surface area contributed by atoms with Gasteiger partial charge in [-0.3, -0.25) is 14.4 Å². The first-order valence-electron chi connectivity index (χ1n) is 23.3. The van der Waals surface area contributed by atoms with Crippen LogP contribution in [0.5, 0.6) is 0 Å². The first-order chi connectivity index (χ1) is 26.5. The van der Waals surface area contributed by atoms with Gasteiger partial charge in [-0.15, -0.1) is 0 Å². The van der Waals surface area contributed by atoms with Crippen molar-refractivity contribution in [3.05, 3.63) is 24.3 Å². The van der Waals surface area contributed by atoms with Crippen LogP contribution in [0.15, 0.2) is 24.3 Å². The number of esters is 3. The molecule has 1 unspecified atom stereocenters. The van der Waals surface area contributed by atoms with Gasteiger partial charge in [0.2, 0.25) is 0 Å². The summed E-state index contributed by atoms with van der Waals surface area (Å²) in [6.07, 6.45) is 47.3. The molecule has 6 nitrogen and oxygen atoms in total. The molecule has 1 atom stereocenters. The van der Waals surface area contributed by atoms with Gasteiger partial charge >= 0.3 is 17.9 Å². The van der Waals surface area contributed by atoms with E-state index in [1.807, 2.05) is 0 Å². The Morgan fingerprint density at radius 1 is 0.352 bits per heavy atom. The van der Waals surface area contributed by atoms with Crippen molar-refractivity contribution in [3.63, 3.8) is 0 Å². The number of carbonyl (C=O) groups is 3. The highest BCUT2D eigenvalue weighted by Crippen LogP contribution is 2.14. The van der Waals surface area contributed by atoms with Gasteiger partial charge in [-0.25, -0.2) is 0 Å². The summed E-state index contributed by atoms with van der Waals surface area (Å²) in [7, 11) is 0. The van der Waals surface area contributed by atoms with Crippen LogP contribution in [0.4, 0.5) is 0 Å². The number of allylic oxidation sites excluding steroid dienone is 4. The smallest absolute Gasteiger partial charge is 0.306 e. The fourth-order valence-electron chi connectivity index (χ4n) is 6.61. The average Bonchev–Trinajstić information content (AvgIpc) is 3.17. The van der Waals surface area contributed by atoms with Gasteiger partial charge in [-0.1, -0.05) is 180 Å². The van der Waals surface area contributed by atoms with E-state index in [0.29, 0.717) is 19.3 Å². The van der Waals surface area contributed by atoms with Gasteiger partial charge in [0.15, 0.2) is 6.10 Å². The maximum atomic E-state index is 12.7. The van der Waals surface area contributed by atoms with E-state index in [4.69, 9.17) is 14.2 Å². The van der Waals surface area contributed by atoms with Gasteiger partial charge in [0.1, 0.15) is 13.2 Å². The van der Waals surface area contributed by atoms with Crippen molar-refractivity contribution in [1.29, 1.82) is 0 Å². The zero-order valence-electron chi connectivity index (χ0n) is 36.0. The monoisotopic (exact) mass is 761 g/mol. The zero-order chi connectivity index (χ0) is 39.4. The molecule has 0 spiro atoms. The number of hydrogen-bond acceptors (Lipinski definition) is 6. The first-order valence-corrected chi connectivity index (χ1v) is 23.3. The predicted octanol–water partition coefficient (Wildman–Crippen LogP) is 14.8. The Labute approximate surface area is 334 Å². The summed E-state index contributed by atoms with van der Waals surface area (Å²) in [4.78, 5) is 37.7. The van der Waals surface area contributed by atoms with E-state index < -0.39 is 6.10 Å². The summed E-state index contributed by atoms with van der Waals surface area (Å²) in [6, 6.07) is 0. The van der Waals surface area contributed by atoms with Crippen LogP contribution in [0.25, 0.3) is 0 Å². The molecule has 0 aliphatic carbocycles. The Balaban J connectivity index is 4.34. The molecule has 0 aromatic rings. The van der Waals surface area contributed by atoms with Crippen LogP contribution in [-0.2, 0) is 28.6 Å². The van der Waals surface area contributed by atoms with Crippen LogP contribution in [0.1, 0.15) is 245 Å². The molecule has 0 saturated carbocycles. The van der Waals surface area contributed by atoms with Gasteiger partial charge in [-0.2, -0.15) is 0 Å². The Hall–Kier alpha value is -2.11. The summed E-state index contributed by atoms with van der Waals surface area (Å²) in [5.41, 5.74) is 0. The molecule has 0 aliphatic rings. The molecule has 0 heterocycles. The Bertz CT molecular complexity index is 880. The van der Waals surface area contributed by atoms with Crippen molar-refractivity contribution in [2.45, 2.75) is 252 Å². The van der Waals surface area contributed by atoms with E-state index in [1.54, 1.807) is 0 Å². The molecule has 0 bridgehead atoms. The third kappa shape index (κ3) is 41.1. The van der Waals surface area contributed by atoms with Crippen LogP contribution < -0.4 is 0 Å². The lowest BCUT2D eigenvalue weighted by atomic mass is 10.1. The lowest BCUT2D eigenvalue weighted by Gasteiger charge is -2.18. The molecule has 0 aromatic carbocycles. The molecular weight excluding hydrogens is 673 g/mol. The second-order valence-electron chi connectivity index (χ2n) is 15.7. The normalized spacial score (nSPS) is 12.1. The third-order valence-corrected chi connectivity index (χ3v) is 10.2. The van der Waals surface area contributed by atoms with E-state index in [9.17, 15) is 14.4 Å². The molecule has 0 aromatic heterocycles. The van der Waals surface area contributed by atoms with Crippen molar-refractivity contribution in [3.8, 4) is 0 Å². The number of carbonyl (C=O) groups excluding carboxylic acids is 3. The maximum Gasteiger partial charge on any atom is 0.306 e. The molecule has 0 aliphatic heterocycles. The van der Waals surface area contributed by atoms with Gasteiger partial charge in [0, 0.05) is 19.3 Å². The lowest BCUT2D eigenvalue weighted by Crippen LogP contribution is -2.30. The second kappa shape index (κ2) is 43.6. The fourth-order valence-corrected chi connectivity index (χ4v) is 6.61. The van der Waals surface area contributed by atoms with E-state index in [2.05, 4.69) is 45.1 Å². The minimum Gasteiger partial charge on any atom is -0.462 e. The number of rotatable bonds is 42. The third-order valence-electron chi connectivity index (χ3n) is 10.2. The minimum absolute atomic E-state index is 0.0748. The molecule has 54 heavy (non-hydrogen) atoms. The number of hydrogen-bond donors (Lipinski definition) is 0. The Morgan fingerprint density at radius 3 is 0.963 bits per heavy atom. The topological polar surface area (TPSA) is 78.9 Å². The molecule has 0 amide bonds. The van der Waals surface area contributed by atoms with Crippen molar-refractivity contribution in [2.75, 3.05) is 13.2 Å².